The summed E-state index contributed by atoms with van der Waals surface area (Å²) in [5.74, 6) is 0. The van der Waals surface area contributed by atoms with Crippen molar-refractivity contribution in [2.45, 2.75) is 39.4 Å². The molecule has 52 valence electrons. The molecule has 8 heavy (non-hydrogen) atoms. The molecule has 0 aromatic rings. The minimum atomic E-state index is -3.63. The summed E-state index contributed by atoms with van der Waals surface area (Å²) in [5.41, 5.74) is 0. The van der Waals surface area contributed by atoms with Crippen LogP contribution in [0.2, 0.25) is 0 Å². The molecule has 2 heteroatoms. The molecule has 1 nitrogen and oxygen atoms in total. The molecule has 0 bridgehead atoms. The van der Waals surface area contributed by atoms with Gasteiger partial charge >= 0.3 is 1.43 Å². The van der Waals surface area contributed by atoms with Gasteiger partial charge in [0.1, 0.15) is 0 Å². The van der Waals surface area contributed by atoms with Gasteiger partial charge in [-0.2, -0.15) is 0 Å². The maximum Gasteiger partial charge on any atom is 1.00 e. The first-order valence-electron chi connectivity index (χ1n) is 8.50. The smallest absolute Gasteiger partial charge is 1.00 e. The molecule has 0 rings (SSSR count). The second-order valence-corrected chi connectivity index (χ2v) is 0.875. The summed E-state index contributed by atoms with van der Waals surface area (Å²) in [6.45, 7) is -14.4. The van der Waals surface area contributed by atoms with Crippen molar-refractivity contribution in [2.75, 3.05) is 0 Å². The van der Waals surface area contributed by atoms with Gasteiger partial charge in [0, 0.05) is 31.2 Å². The van der Waals surface area contributed by atoms with Gasteiger partial charge < -0.3 is 17.7 Å². The average molecular weight is 152 g/mol. The average Bonchev–Trinajstić information content (AvgIpc) is 2.09. The van der Waals surface area contributed by atoms with E-state index >= 15 is 0 Å². The summed E-state index contributed by atoms with van der Waals surface area (Å²) >= 11 is 0. The van der Waals surface area contributed by atoms with E-state index in [1.807, 2.05) is 0 Å². The molecular formula is C6H16ClN. The van der Waals surface area contributed by atoms with Crippen molar-refractivity contribution in [3.63, 3.8) is 0 Å². The lowest BCUT2D eigenvalue weighted by Crippen LogP contribution is -3.00. The molecule has 0 aromatic carbocycles. The van der Waals surface area contributed by atoms with Crippen LogP contribution in [0.25, 0.3) is 0 Å². The van der Waals surface area contributed by atoms with Crippen molar-refractivity contribution in [2.24, 2.45) is 0 Å². The van der Waals surface area contributed by atoms with Crippen molar-refractivity contribution < 1.29 is 33.0 Å². The Kier molecular flexibility index (Phi) is 0.712. The van der Waals surface area contributed by atoms with Gasteiger partial charge in [-0.3, -0.25) is 0 Å². The van der Waals surface area contributed by atoms with Gasteiger partial charge in [0.25, 0.3) is 0 Å². The number of hydrogen-bond acceptors (Lipinski definition) is 1. The SMILES string of the molecule is [2H]C([2H])([2H])C([2H])(NC([2H])(C([2H])([2H])[2H])C([2H])([2H])[2H])C([2H])([2H])[2H].[Cl-].[H+]. The third-order valence-electron chi connectivity index (χ3n) is 0.250. The molecule has 0 saturated heterocycles. The fourth-order valence-electron chi connectivity index (χ4n) is 0.125. The molecule has 0 saturated carbocycles. The van der Waals surface area contributed by atoms with Crippen molar-refractivity contribution in [1.82, 2.24) is 5.32 Å². The standard InChI is InChI=1S/C6H15N.ClH/c1-5(2)7-6(3)4;/h5-7H,1-4H3;1H/i1D3,2D3,3D3,4D3,5D,6D;. The lowest BCUT2D eigenvalue weighted by atomic mass is 10.3. The lowest BCUT2D eigenvalue weighted by molar-refractivity contribution is -0.00000219. The van der Waals surface area contributed by atoms with Crippen LogP contribution in [0.4, 0.5) is 0 Å². The third kappa shape index (κ3) is 9.54. The Balaban J connectivity index is -0.00000200. The van der Waals surface area contributed by atoms with Crippen LogP contribution in [0.1, 0.15) is 48.0 Å². The van der Waals surface area contributed by atoms with E-state index in [1.165, 1.54) is 5.32 Å². The maximum absolute atomic E-state index is 7.58. The summed E-state index contributed by atoms with van der Waals surface area (Å²) < 4.78 is 100. The Morgan fingerprint density at radius 2 is 1.75 bits per heavy atom. The summed E-state index contributed by atoms with van der Waals surface area (Å²) in [7, 11) is 0. The van der Waals surface area contributed by atoms with E-state index < -0.39 is 39.4 Å². The van der Waals surface area contributed by atoms with Gasteiger partial charge in [-0.05, 0) is 0 Å². The lowest BCUT2D eigenvalue weighted by Gasteiger charge is -2.10. The summed E-state index contributed by atoms with van der Waals surface area (Å²) in [6, 6.07) is -7.27. The zero-order valence-electron chi connectivity index (χ0n) is 18.9. The van der Waals surface area contributed by atoms with E-state index in [-0.39, 0.29) is 13.8 Å². The van der Waals surface area contributed by atoms with Crippen LogP contribution >= 0.6 is 0 Å². The van der Waals surface area contributed by atoms with Crippen LogP contribution in [0.3, 0.4) is 0 Å². The van der Waals surface area contributed by atoms with E-state index in [2.05, 4.69) is 0 Å². The molecule has 0 aliphatic rings. The van der Waals surface area contributed by atoms with E-state index in [0.717, 1.165) is 0 Å². The molecule has 0 atom stereocenters. The largest absolute Gasteiger partial charge is 1.00 e. The van der Waals surface area contributed by atoms with Crippen LogP contribution in [0.5, 0.6) is 0 Å². The first-order valence-corrected chi connectivity index (χ1v) is 1.50. The van der Waals surface area contributed by atoms with Gasteiger partial charge in [-0.15, -0.1) is 0 Å². The highest BCUT2D eigenvalue weighted by molar-refractivity contribution is 4.55. The molecule has 1 N–H and O–H groups in total. The number of nitrogens with one attached hydrogen (secondary N) is 1. The van der Waals surface area contributed by atoms with Gasteiger partial charge in [-0.25, -0.2) is 0 Å². The van der Waals surface area contributed by atoms with Crippen molar-refractivity contribution in [3.05, 3.63) is 0 Å². The van der Waals surface area contributed by atoms with E-state index in [9.17, 15) is 0 Å². The molecule has 0 unspecified atom stereocenters. The quantitative estimate of drug-likeness (QED) is 0.508. The van der Waals surface area contributed by atoms with Gasteiger partial charge in [0.2, 0.25) is 0 Å². The van der Waals surface area contributed by atoms with E-state index in [1.54, 1.807) is 0 Å². The molecule has 0 heterocycles. The molecule has 0 spiro atoms. The summed E-state index contributed by atoms with van der Waals surface area (Å²) in [5, 5.41) is 1.25. The van der Waals surface area contributed by atoms with E-state index in [0.29, 0.717) is 0 Å². The van der Waals surface area contributed by atoms with Crippen molar-refractivity contribution in [3.8, 4) is 0 Å². The zero-order chi connectivity index (χ0) is 17.7. The Morgan fingerprint density at radius 1 is 1.38 bits per heavy atom. The predicted molar refractivity (Wildman–Crippen MR) is 34.5 cm³/mol. The third-order valence-corrected chi connectivity index (χ3v) is 0.250. The molecular weight excluding hydrogens is 122 g/mol. The number of rotatable bonds is 2. The van der Waals surface area contributed by atoms with Gasteiger partial charge in [0.15, 0.2) is 0 Å². The number of halogens is 1. The topological polar surface area (TPSA) is 12.0 Å². The van der Waals surface area contributed by atoms with Crippen LogP contribution < -0.4 is 17.7 Å². The maximum atomic E-state index is 7.58. The fourth-order valence-corrected chi connectivity index (χ4v) is 0.125. The summed E-state index contributed by atoms with van der Waals surface area (Å²) in [4.78, 5) is 0. The molecule has 0 amide bonds. The molecule has 0 aromatic heterocycles. The van der Waals surface area contributed by atoms with Crippen molar-refractivity contribution >= 4 is 0 Å². The molecule has 0 aliphatic carbocycles. The highest BCUT2D eigenvalue weighted by Gasteiger charge is 1.92. The Labute approximate surface area is 79.4 Å². The van der Waals surface area contributed by atoms with Crippen LogP contribution in [-0.4, -0.2) is 12.0 Å². The summed E-state index contributed by atoms with van der Waals surface area (Å²) in [6.07, 6.45) is 0. The van der Waals surface area contributed by atoms with Crippen LogP contribution in [-0.2, 0) is 0 Å². The highest BCUT2D eigenvalue weighted by Crippen LogP contribution is 1.80. The first-order chi connectivity index (χ1) is 8.71. The number of hydrogen-bond donors (Lipinski definition) is 1. The molecule has 0 aliphatic heterocycles. The predicted octanol–water partition coefficient (Wildman–Crippen LogP) is -1.49. The Hall–Kier alpha value is 0.250. The van der Waals surface area contributed by atoms with Crippen molar-refractivity contribution in [1.29, 1.82) is 0 Å². The van der Waals surface area contributed by atoms with Gasteiger partial charge in [-0.1, -0.05) is 27.4 Å². The second kappa shape index (κ2) is 5.39. The van der Waals surface area contributed by atoms with Gasteiger partial charge in [0.05, 0.1) is 0 Å². The van der Waals surface area contributed by atoms with Crippen LogP contribution in [0.15, 0.2) is 0 Å². The first kappa shape index (κ1) is 1.06. The minimum absolute atomic E-state index is 0. The fraction of sp³-hybridized carbons (Fsp3) is 1.00. The van der Waals surface area contributed by atoms with E-state index in [4.69, 9.17) is 19.2 Å². The Bertz CT molecular complexity index is 309. The highest BCUT2D eigenvalue weighted by atomic mass is 35.5. The Morgan fingerprint density at radius 3 is 2.00 bits per heavy atom. The second-order valence-electron chi connectivity index (χ2n) is 0.875. The normalized spacial score (nSPS) is 44.5. The molecule has 0 radical (unpaired) electrons. The monoisotopic (exact) mass is 151 g/mol. The minimum Gasteiger partial charge on any atom is -1.00 e. The molecule has 0 fully saturated rings. The zero-order valence-corrected chi connectivity index (χ0v) is 4.63. The van der Waals surface area contributed by atoms with Crippen LogP contribution in [0, 0.1) is 0 Å².